The van der Waals surface area contributed by atoms with Crippen molar-refractivity contribution in [2.24, 2.45) is 0 Å². The number of aryl methyl sites for hydroxylation is 2. The molecule has 0 spiro atoms. The summed E-state index contributed by atoms with van der Waals surface area (Å²) in [5.74, 6) is 0.896. The van der Waals surface area contributed by atoms with E-state index >= 15 is 0 Å². The van der Waals surface area contributed by atoms with Gasteiger partial charge in [-0.15, -0.1) is 5.10 Å². The van der Waals surface area contributed by atoms with Gasteiger partial charge >= 0.3 is 0 Å². The van der Waals surface area contributed by atoms with Crippen LogP contribution in [0, 0.1) is 0 Å². The number of aromatic nitrogens is 4. The lowest BCUT2D eigenvalue weighted by Crippen LogP contribution is -2.48. The lowest BCUT2D eigenvalue weighted by molar-refractivity contribution is 0.112. The zero-order valence-corrected chi connectivity index (χ0v) is 21.1. The minimum Gasteiger partial charge on any atom is -0.297 e. The molecule has 0 N–H and O–H groups in total. The number of nitrogens with zero attached hydrogens (tertiary/aromatic N) is 6. The van der Waals surface area contributed by atoms with Crippen molar-refractivity contribution >= 4 is 17.7 Å². The van der Waals surface area contributed by atoms with Gasteiger partial charge in [-0.1, -0.05) is 96.5 Å². The van der Waals surface area contributed by atoms with Gasteiger partial charge in [-0.3, -0.25) is 9.80 Å². The maximum absolute atomic E-state index is 6.05. The van der Waals surface area contributed by atoms with E-state index in [4.69, 9.17) is 11.6 Å². The van der Waals surface area contributed by atoms with Gasteiger partial charge in [0.15, 0.2) is 5.82 Å². The van der Waals surface area contributed by atoms with E-state index in [1.807, 2.05) is 22.9 Å². The molecule has 3 aromatic carbocycles. The minimum absolute atomic E-state index is 0.0217. The molecule has 0 amide bonds. The second-order valence-corrected chi connectivity index (χ2v) is 9.54. The Morgan fingerprint density at radius 1 is 0.833 bits per heavy atom. The molecule has 1 aliphatic heterocycles. The van der Waals surface area contributed by atoms with Crippen LogP contribution in [-0.2, 0) is 13.0 Å². The van der Waals surface area contributed by atoms with Crippen molar-refractivity contribution < 1.29 is 0 Å². The molecule has 36 heavy (non-hydrogen) atoms. The van der Waals surface area contributed by atoms with E-state index in [0.29, 0.717) is 0 Å². The van der Waals surface area contributed by atoms with Crippen molar-refractivity contribution in [1.29, 1.82) is 0 Å². The molecule has 184 valence electrons. The summed E-state index contributed by atoms with van der Waals surface area (Å²) in [5.41, 5.74) is 3.68. The topological polar surface area (TPSA) is 50.1 Å². The molecular formula is C29H31ClN6. The van der Waals surface area contributed by atoms with E-state index in [1.165, 1.54) is 16.7 Å². The van der Waals surface area contributed by atoms with E-state index in [2.05, 4.69) is 104 Å². The molecule has 6 nitrogen and oxygen atoms in total. The van der Waals surface area contributed by atoms with Gasteiger partial charge < -0.3 is 0 Å². The van der Waals surface area contributed by atoms with Crippen LogP contribution < -0.4 is 0 Å². The number of piperazine rings is 1. The first-order chi connectivity index (χ1) is 17.8. The highest BCUT2D eigenvalue weighted by Crippen LogP contribution is 2.28. The van der Waals surface area contributed by atoms with Crippen molar-refractivity contribution in [3.05, 3.63) is 119 Å². The maximum atomic E-state index is 6.05. The van der Waals surface area contributed by atoms with Crippen LogP contribution >= 0.6 is 11.6 Å². The molecule has 1 fully saturated rings. The Labute approximate surface area is 217 Å². The highest BCUT2D eigenvalue weighted by Gasteiger charge is 2.30. The molecule has 7 heteroatoms. The van der Waals surface area contributed by atoms with Crippen LogP contribution in [-0.4, -0.2) is 62.7 Å². The van der Waals surface area contributed by atoms with Crippen LogP contribution in [0.25, 0.3) is 6.08 Å². The molecule has 4 aromatic rings. The summed E-state index contributed by atoms with van der Waals surface area (Å²) in [6, 6.07) is 29.1. The number of rotatable bonds is 9. The van der Waals surface area contributed by atoms with Gasteiger partial charge in [-0.2, -0.15) is 0 Å². The van der Waals surface area contributed by atoms with Gasteiger partial charge in [0, 0.05) is 44.3 Å². The van der Waals surface area contributed by atoms with Crippen LogP contribution in [0.2, 0.25) is 5.02 Å². The van der Waals surface area contributed by atoms with Crippen molar-refractivity contribution in [3.8, 4) is 0 Å². The molecule has 0 aliphatic carbocycles. The van der Waals surface area contributed by atoms with Gasteiger partial charge in [0.2, 0.25) is 0 Å². The van der Waals surface area contributed by atoms with Gasteiger partial charge in [0.25, 0.3) is 0 Å². The highest BCUT2D eigenvalue weighted by atomic mass is 35.5. The van der Waals surface area contributed by atoms with Crippen LogP contribution in [0.15, 0.2) is 91.0 Å². The van der Waals surface area contributed by atoms with Crippen molar-refractivity contribution in [2.45, 2.75) is 19.0 Å². The maximum Gasteiger partial charge on any atom is 0.173 e. The molecule has 5 rings (SSSR count). The lowest BCUT2D eigenvalue weighted by Gasteiger charge is -2.38. The Morgan fingerprint density at radius 2 is 1.53 bits per heavy atom. The van der Waals surface area contributed by atoms with Crippen LogP contribution in [0.4, 0.5) is 0 Å². The monoisotopic (exact) mass is 498 g/mol. The first-order valence-electron chi connectivity index (χ1n) is 12.5. The summed E-state index contributed by atoms with van der Waals surface area (Å²) in [5, 5.41) is 13.7. The number of hydrogen-bond acceptors (Lipinski definition) is 5. The Morgan fingerprint density at radius 3 is 2.25 bits per heavy atom. The van der Waals surface area contributed by atoms with Gasteiger partial charge in [0.05, 0.1) is 6.04 Å². The SMILES string of the molecule is Clc1ccc(CCn2nnnc2[C@H](c2ccccc2)N2CCN(C/C=C/c3ccccc3)CC2)cc1. The fourth-order valence-electron chi connectivity index (χ4n) is 4.72. The second-order valence-electron chi connectivity index (χ2n) is 9.10. The zero-order chi connectivity index (χ0) is 24.6. The van der Waals surface area contributed by atoms with E-state index in [1.54, 1.807) is 0 Å². The predicted molar refractivity (Wildman–Crippen MR) is 145 cm³/mol. The first-order valence-corrected chi connectivity index (χ1v) is 12.9. The number of halogens is 1. The quantitative estimate of drug-likeness (QED) is 0.325. The number of tetrazole rings is 1. The van der Waals surface area contributed by atoms with E-state index in [-0.39, 0.29) is 6.04 Å². The zero-order valence-electron chi connectivity index (χ0n) is 20.3. The predicted octanol–water partition coefficient (Wildman–Crippen LogP) is 4.99. The van der Waals surface area contributed by atoms with Crippen LogP contribution in [0.3, 0.4) is 0 Å². The molecule has 1 aromatic heterocycles. The molecule has 1 atom stereocenters. The summed E-state index contributed by atoms with van der Waals surface area (Å²) < 4.78 is 1.96. The molecule has 0 bridgehead atoms. The fraction of sp³-hybridized carbons (Fsp3) is 0.276. The van der Waals surface area contributed by atoms with Crippen LogP contribution in [0.5, 0.6) is 0 Å². The summed E-state index contributed by atoms with van der Waals surface area (Å²) in [6.07, 6.45) is 5.31. The normalized spacial score (nSPS) is 15.9. The molecule has 0 unspecified atom stereocenters. The van der Waals surface area contributed by atoms with Gasteiger partial charge in [0.1, 0.15) is 0 Å². The summed E-state index contributed by atoms with van der Waals surface area (Å²) in [4.78, 5) is 5.01. The summed E-state index contributed by atoms with van der Waals surface area (Å²) in [6.45, 7) is 5.62. The van der Waals surface area contributed by atoms with Gasteiger partial charge in [-0.25, -0.2) is 4.68 Å². The Balaban J connectivity index is 1.27. The molecular weight excluding hydrogens is 468 g/mol. The van der Waals surface area contributed by atoms with Crippen molar-refractivity contribution in [3.63, 3.8) is 0 Å². The Bertz CT molecular complexity index is 1230. The van der Waals surface area contributed by atoms with Crippen molar-refractivity contribution in [2.75, 3.05) is 32.7 Å². The minimum atomic E-state index is 0.0217. The average Bonchev–Trinajstić information content (AvgIpc) is 3.39. The molecule has 1 aliphatic rings. The summed E-state index contributed by atoms with van der Waals surface area (Å²) in [7, 11) is 0. The molecule has 2 heterocycles. The third kappa shape index (κ3) is 6.26. The third-order valence-electron chi connectivity index (χ3n) is 6.69. The van der Waals surface area contributed by atoms with E-state index < -0.39 is 0 Å². The summed E-state index contributed by atoms with van der Waals surface area (Å²) >= 11 is 6.05. The fourth-order valence-corrected chi connectivity index (χ4v) is 4.84. The Hall–Kier alpha value is -3.32. The largest absolute Gasteiger partial charge is 0.297 e. The van der Waals surface area contributed by atoms with E-state index in [0.717, 1.165) is 56.5 Å². The average molecular weight is 499 g/mol. The standard InChI is InChI=1S/C29H31ClN6/c30-27-15-13-25(14-16-27)17-19-36-29(31-32-33-36)28(26-11-5-2-6-12-26)35-22-20-34(21-23-35)18-7-10-24-8-3-1-4-9-24/h1-16,28H,17-23H2/b10-7+/t28-/m0/s1. The first kappa shape index (κ1) is 24.4. The molecule has 1 saturated heterocycles. The van der Waals surface area contributed by atoms with Crippen molar-refractivity contribution in [1.82, 2.24) is 30.0 Å². The Kier molecular flexibility index (Phi) is 8.18. The molecule has 0 saturated carbocycles. The second kappa shape index (κ2) is 12.1. The number of benzene rings is 3. The van der Waals surface area contributed by atoms with Gasteiger partial charge in [-0.05, 0) is 45.7 Å². The van der Waals surface area contributed by atoms with E-state index in [9.17, 15) is 0 Å². The van der Waals surface area contributed by atoms with Crippen LogP contribution in [0.1, 0.15) is 28.6 Å². The number of hydrogen-bond donors (Lipinski definition) is 0. The smallest absolute Gasteiger partial charge is 0.173 e. The third-order valence-corrected chi connectivity index (χ3v) is 6.94. The highest BCUT2D eigenvalue weighted by molar-refractivity contribution is 6.30. The lowest BCUT2D eigenvalue weighted by atomic mass is 10.0. The molecule has 0 radical (unpaired) electrons.